The van der Waals surface area contributed by atoms with Gasteiger partial charge in [0.15, 0.2) is 0 Å². The van der Waals surface area contributed by atoms with Crippen LogP contribution in [0.1, 0.15) is 71.1 Å². The minimum absolute atomic E-state index is 0.0166. The van der Waals surface area contributed by atoms with Crippen LogP contribution in [0.15, 0.2) is 42.0 Å². The lowest BCUT2D eigenvalue weighted by molar-refractivity contribution is -0.131. The molecule has 0 aromatic heterocycles. The molecule has 2 aliphatic rings. The normalized spacial score (nSPS) is 30.2. The van der Waals surface area contributed by atoms with Crippen LogP contribution in [0.5, 0.6) is 0 Å². The molecule has 0 spiro atoms. The van der Waals surface area contributed by atoms with E-state index in [1.807, 2.05) is 13.0 Å². The minimum Gasteiger partial charge on any atom is -0.478 e. The first-order chi connectivity index (χ1) is 13.4. The molecular weight excluding hydrogens is 360 g/mol. The summed E-state index contributed by atoms with van der Waals surface area (Å²) >= 11 is 0. The van der Waals surface area contributed by atoms with Crippen molar-refractivity contribution in [3.8, 4) is 0 Å². The van der Waals surface area contributed by atoms with Crippen molar-refractivity contribution in [2.24, 2.45) is 11.8 Å². The molecule has 2 aliphatic carbocycles. The quantitative estimate of drug-likeness (QED) is 0.490. The van der Waals surface area contributed by atoms with Crippen molar-refractivity contribution in [1.82, 2.24) is 0 Å². The van der Waals surface area contributed by atoms with Crippen molar-refractivity contribution in [3.05, 3.63) is 58.7 Å². The first-order valence-corrected chi connectivity index (χ1v) is 10.7. The minimum atomic E-state index is -0.904. The fraction of sp³-hybridized carbons (Fsp3) is 0.577. The molecule has 0 unspecified atom stereocenters. The zero-order valence-electron chi connectivity index (χ0n) is 19.0. The Hall–Kier alpha value is -1.87. The Morgan fingerprint density at radius 3 is 2.34 bits per heavy atom. The highest BCUT2D eigenvalue weighted by molar-refractivity contribution is 5.81. The van der Waals surface area contributed by atoms with E-state index < -0.39 is 5.97 Å². The molecule has 0 aliphatic heterocycles. The van der Waals surface area contributed by atoms with E-state index in [1.165, 1.54) is 35.6 Å². The van der Waals surface area contributed by atoms with Crippen LogP contribution in [0, 0.1) is 11.8 Å². The summed E-state index contributed by atoms with van der Waals surface area (Å²) in [4.78, 5) is 10.9. The van der Waals surface area contributed by atoms with Gasteiger partial charge in [-0.1, -0.05) is 65.0 Å². The van der Waals surface area contributed by atoms with Crippen LogP contribution in [-0.4, -0.2) is 24.8 Å². The van der Waals surface area contributed by atoms with E-state index in [1.54, 1.807) is 7.11 Å². The molecule has 0 amide bonds. The maximum Gasteiger partial charge on any atom is 0.328 e. The fourth-order valence-electron chi connectivity index (χ4n) is 5.26. The van der Waals surface area contributed by atoms with E-state index in [9.17, 15) is 4.79 Å². The predicted molar refractivity (Wildman–Crippen MR) is 118 cm³/mol. The summed E-state index contributed by atoms with van der Waals surface area (Å²) in [7, 11) is 1.76. The van der Waals surface area contributed by atoms with Crippen LogP contribution in [0.4, 0.5) is 0 Å². The van der Waals surface area contributed by atoms with Gasteiger partial charge in [-0.3, -0.25) is 0 Å². The summed E-state index contributed by atoms with van der Waals surface area (Å²) in [6.45, 7) is 14.3. The van der Waals surface area contributed by atoms with Crippen LogP contribution in [-0.2, 0) is 25.8 Å². The van der Waals surface area contributed by atoms with Gasteiger partial charge in [0.25, 0.3) is 0 Å². The molecule has 1 fully saturated rings. The Morgan fingerprint density at radius 2 is 1.76 bits per heavy atom. The van der Waals surface area contributed by atoms with Gasteiger partial charge in [-0.25, -0.2) is 4.79 Å². The molecule has 0 bridgehead atoms. The van der Waals surface area contributed by atoms with Crippen LogP contribution in [0.2, 0.25) is 0 Å². The third-order valence-corrected chi connectivity index (χ3v) is 7.53. The third-order valence-electron chi connectivity index (χ3n) is 7.53. The SMILES string of the molecule is COC[C@H]1[C@@H](/C=C/C(C)=C/C(=O)O)[C@@]1(C)c1ccc2c(c1)C(C)(C)CCC2(C)C. The Kier molecular flexibility index (Phi) is 5.59. The first-order valence-electron chi connectivity index (χ1n) is 10.7. The van der Waals surface area contributed by atoms with Gasteiger partial charge in [-0.15, -0.1) is 0 Å². The van der Waals surface area contributed by atoms with Gasteiger partial charge < -0.3 is 9.84 Å². The number of carboxylic acid groups (broad SMARTS) is 1. The number of benzene rings is 1. The van der Waals surface area contributed by atoms with E-state index in [2.05, 4.69) is 58.9 Å². The number of ether oxygens (including phenoxy) is 1. The number of hydrogen-bond donors (Lipinski definition) is 1. The van der Waals surface area contributed by atoms with E-state index in [0.717, 1.165) is 5.57 Å². The number of methoxy groups -OCH3 is 1. The molecule has 3 atom stereocenters. The highest BCUT2D eigenvalue weighted by Crippen LogP contribution is 2.61. The van der Waals surface area contributed by atoms with Crippen LogP contribution < -0.4 is 0 Å². The van der Waals surface area contributed by atoms with Crippen LogP contribution in [0.3, 0.4) is 0 Å². The zero-order valence-corrected chi connectivity index (χ0v) is 19.0. The molecule has 0 radical (unpaired) electrons. The Bertz CT molecular complexity index is 859. The second-order valence-electron chi connectivity index (χ2n) is 10.5. The smallest absolute Gasteiger partial charge is 0.328 e. The van der Waals surface area contributed by atoms with Crippen molar-refractivity contribution in [3.63, 3.8) is 0 Å². The largest absolute Gasteiger partial charge is 0.478 e. The predicted octanol–water partition coefficient (Wildman–Crippen LogP) is 5.77. The lowest BCUT2D eigenvalue weighted by Gasteiger charge is -2.42. The number of rotatable bonds is 6. The van der Waals surface area contributed by atoms with Crippen LogP contribution in [0.25, 0.3) is 0 Å². The molecule has 29 heavy (non-hydrogen) atoms. The molecule has 1 saturated carbocycles. The van der Waals surface area contributed by atoms with Gasteiger partial charge in [0.05, 0.1) is 6.61 Å². The summed E-state index contributed by atoms with van der Waals surface area (Å²) in [5, 5.41) is 8.96. The summed E-state index contributed by atoms with van der Waals surface area (Å²) < 4.78 is 5.53. The van der Waals surface area contributed by atoms with Gasteiger partial charge in [-0.05, 0) is 64.7 Å². The molecule has 1 aromatic rings. The Morgan fingerprint density at radius 1 is 1.14 bits per heavy atom. The molecule has 3 heteroatoms. The molecule has 1 N–H and O–H groups in total. The average molecular weight is 397 g/mol. The maximum atomic E-state index is 10.9. The topological polar surface area (TPSA) is 46.5 Å². The zero-order chi connectivity index (χ0) is 21.6. The van der Waals surface area contributed by atoms with E-state index in [-0.39, 0.29) is 16.2 Å². The fourth-order valence-corrected chi connectivity index (χ4v) is 5.26. The van der Waals surface area contributed by atoms with E-state index >= 15 is 0 Å². The first kappa shape index (κ1) is 21.8. The molecule has 0 saturated heterocycles. The number of aliphatic carboxylic acids is 1. The van der Waals surface area contributed by atoms with Crippen molar-refractivity contribution < 1.29 is 14.6 Å². The van der Waals surface area contributed by atoms with E-state index in [4.69, 9.17) is 9.84 Å². The summed E-state index contributed by atoms with van der Waals surface area (Å²) in [5.74, 6) is -0.157. The van der Waals surface area contributed by atoms with Crippen molar-refractivity contribution >= 4 is 5.97 Å². The lowest BCUT2D eigenvalue weighted by atomic mass is 9.62. The highest BCUT2D eigenvalue weighted by Gasteiger charge is 2.60. The summed E-state index contributed by atoms with van der Waals surface area (Å²) in [5.41, 5.74) is 5.53. The second-order valence-corrected chi connectivity index (χ2v) is 10.5. The monoisotopic (exact) mass is 396 g/mol. The van der Waals surface area contributed by atoms with E-state index in [0.29, 0.717) is 18.4 Å². The third kappa shape index (κ3) is 3.94. The Balaban J connectivity index is 1.98. The van der Waals surface area contributed by atoms with Crippen LogP contribution >= 0.6 is 0 Å². The second kappa shape index (κ2) is 7.43. The molecule has 3 rings (SSSR count). The molecule has 3 nitrogen and oxygen atoms in total. The summed E-state index contributed by atoms with van der Waals surface area (Å²) in [6, 6.07) is 7.13. The maximum absolute atomic E-state index is 10.9. The average Bonchev–Trinajstić information content (AvgIpc) is 3.21. The van der Waals surface area contributed by atoms with Gasteiger partial charge in [0.2, 0.25) is 0 Å². The highest BCUT2D eigenvalue weighted by atomic mass is 16.5. The number of carbonyl (C=O) groups is 1. The van der Waals surface area contributed by atoms with Crippen molar-refractivity contribution in [2.75, 3.05) is 13.7 Å². The molecular formula is C26H36O3. The van der Waals surface area contributed by atoms with Crippen molar-refractivity contribution in [1.29, 1.82) is 0 Å². The summed E-state index contributed by atoms with van der Waals surface area (Å²) in [6.07, 6.45) is 7.80. The van der Waals surface area contributed by atoms with Gasteiger partial charge in [0, 0.05) is 18.6 Å². The standard InChI is InChI=1S/C26H36O3/c1-17(14-23(27)28)8-10-20-22(16-29-7)26(20,6)18-9-11-19-21(15-18)25(4,5)13-12-24(19,2)3/h8-11,14-15,20,22H,12-13,16H2,1-7H3,(H,27,28)/b10-8+,17-14+/t20-,22+,26-/m1/s1. The Labute approximate surface area is 175 Å². The van der Waals surface area contributed by atoms with Crippen molar-refractivity contribution in [2.45, 2.75) is 70.6 Å². The molecule has 1 aromatic carbocycles. The number of hydrogen-bond acceptors (Lipinski definition) is 2. The molecule has 158 valence electrons. The van der Waals surface area contributed by atoms with Gasteiger partial charge >= 0.3 is 5.97 Å². The number of fused-ring (bicyclic) bond motifs is 1. The molecule has 0 heterocycles. The van der Waals surface area contributed by atoms with Gasteiger partial charge in [-0.2, -0.15) is 0 Å². The number of allylic oxidation sites excluding steroid dienone is 3. The number of carboxylic acids is 1. The lowest BCUT2D eigenvalue weighted by Crippen LogP contribution is -2.34. The van der Waals surface area contributed by atoms with Gasteiger partial charge in [0.1, 0.15) is 0 Å².